The maximum Gasteiger partial charge on any atom is 0.328 e. The van der Waals surface area contributed by atoms with Crippen molar-refractivity contribution >= 4 is 29.3 Å². The Bertz CT molecular complexity index is 517. The largest absolute Gasteiger partial charge is 0.478 e. The van der Waals surface area contributed by atoms with Crippen molar-refractivity contribution in [3.63, 3.8) is 0 Å². The van der Waals surface area contributed by atoms with Crippen LogP contribution in [0.15, 0.2) is 17.5 Å². The van der Waals surface area contributed by atoms with Crippen LogP contribution in [-0.4, -0.2) is 35.7 Å². The second kappa shape index (κ2) is 6.67. The number of carbonyl (C=O) groups excluding carboxylic acids is 1. The van der Waals surface area contributed by atoms with Gasteiger partial charge in [0.1, 0.15) is 0 Å². The molecular weight excluding hydrogens is 278 g/mol. The Kier molecular flexibility index (Phi) is 4.92. The van der Waals surface area contributed by atoms with E-state index >= 15 is 0 Å². The first-order chi connectivity index (χ1) is 9.56. The Hall–Kier alpha value is -1.66. The molecule has 2 heterocycles. The second-order valence-electron chi connectivity index (χ2n) is 4.72. The summed E-state index contributed by atoms with van der Waals surface area (Å²) in [7, 11) is 0. The minimum Gasteiger partial charge on any atom is -0.478 e. The van der Waals surface area contributed by atoms with Gasteiger partial charge in [-0.1, -0.05) is 0 Å². The van der Waals surface area contributed by atoms with E-state index in [0.29, 0.717) is 5.56 Å². The number of nitrogens with one attached hydrogen (secondary N) is 1. The van der Waals surface area contributed by atoms with Crippen LogP contribution in [0, 0.1) is 0 Å². The van der Waals surface area contributed by atoms with Gasteiger partial charge < -0.3 is 15.2 Å². The summed E-state index contributed by atoms with van der Waals surface area (Å²) in [5.41, 5.74) is 0.546. The topological polar surface area (TPSA) is 75.6 Å². The summed E-state index contributed by atoms with van der Waals surface area (Å²) >= 11 is 1.34. The third kappa shape index (κ3) is 3.91. The number of amides is 1. The van der Waals surface area contributed by atoms with E-state index in [2.05, 4.69) is 5.32 Å². The van der Waals surface area contributed by atoms with Gasteiger partial charge in [-0.25, -0.2) is 4.79 Å². The van der Waals surface area contributed by atoms with Crippen molar-refractivity contribution in [2.75, 3.05) is 6.61 Å². The molecule has 0 radical (unpaired) electrons. The third-order valence-electron chi connectivity index (χ3n) is 3.15. The Labute approximate surface area is 121 Å². The van der Waals surface area contributed by atoms with E-state index in [4.69, 9.17) is 9.84 Å². The van der Waals surface area contributed by atoms with Crippen molar-refractivity contribution in [3.8, 4) is 0 Å². The molecule has 1 fully saturated rings. The molecule has 108 valence electrons. The van der Waals surface area contributed by atoms with E-state index in [1.54, 1.807) is 11.4 Å². The standard InChI is InChI=1S/C14H17NO4S/c1-9(12-3-2-6-19-12)15-14(18)10-7-11(20-8-10)4-5-13(16)17/h4-5,7-9,12H,2-3,6H2,1H3,(H,15,18)(H,16,17). The Balaban J connectivity index is 1.93. The molecule has 2 N–H and O–H groups in total. The summed E-state index contributed by atoms with van der Waals surface area (Å²) in [5, 5.41) is 13.2. The molecule has 0 saturated carbocycles. The van der Waals surface area contributed by atoms with Crippen LogP contribution in [0.5, 0.6) is 0 Å². The van der Waals surface area contributed by atoms with Crippen molar-refractivity contribution in [1.29, 1.82) is 0 Å². The number of ether oxygens (including phenoxy) is 1. The first-order valence-electron chi connectivity index (χ1n) is 6.48. The van der Waals surface area contributed by atoms with Crippen LogP contribution in [0.3, 0.4) is 0 Å². The quantitative estimate of drug-likeness (QED) is 0.816. The van der Waals surface area contributed by atoms with Gasteiger partial charge in [0.2, 0.25) is 0 Å². The maximum atomic E-state index is 12.1. The van der Waals surface area contributed by atoms with Crippen LogP contribution in [0.25, 0.3) is 6.08 Å². The minimum atomic E-state index is -1.00. The summed E-state index contributed by atoms with van der Waals surface area (Å²) in [4.78, 5) is 23.2. The number of hydrogen-bond donors (Lipinski definition) is 2. The number of carbonyl (C=O) groups is 2. The van der Waals surface area contributed by atoms with Gasteiger partial charge in [0, 0.05) is 22.9 Å². The van der Waals surface area contributed by atoms with Crippen molar-refractivity contribution in [2.45, 2.75) is 31.9 Å². The lowest BCUT2D eigenvalue weighted by molar-refractivity contribution is -0.131. The molecule has 0 aliphatic carbocycles. The molecule has 2 atom stereocenters. The molecular formula is C14H17NO4S. The smallest absolute Gasteiger partial charge is 0.328 e. The number of hydrogen-bond acceptors (Lipinski definition) is 4. The fourth-order valence-corrected chi connectivity index (χ4v) is 2.87. The zero-order chi connectivity index (χ0) is 14.5. The number of thiophene rings is 1. The number of carboxylic acid groups (broad SMARTS) is 1. The molecule has 2 rings (SSSR count). The molecule has 20 heavy (non-hydrogen) atoms. The summed E-state index contributed by atoms with van der Waals surface area (Å²) in [6.45, 7) is 2.69. The molecule has 1 aromatic rings. The van der Waals surface area contributed by atoms with Gasteiger partial charge in [-0.2, -0.15) is 0 Å². The number of aliphatic carboxylic acids is 1. The van der Waals surface area contributed by atoms with Crippen LogP contribution in [0.2, 0.25) is 0 Å². The van der Waals surface area contributed by atoms with Crippen LogP contribution < -0.4 is 5.32 Å². The van der Waals surface area contributed by atoms with Crippen molar-refractivity contribution < 1.29 is 19.4 Å². The third-order valence-corrected chi connectivity index (χ3v) is 4.05. The number of carboxylic acids is 1. The van der Waals surface area contributed by atoms with Gasteiger partial charge in [-0.3, -0.25) is 4.79 Å². The van der Waals surface area contributed by atoms with Gasteiger partial charge in [0.05, 0.1) is 17.7 Å². The molecule has 1 saturated heterocycles. The second-order valence-corrected chi connectivity index (χ2v) is 5.67. The molecule has 0 bridgehead atoms. The predicted octanol–water partition coefficient (Wildman–Crippen LogP) is 2.14. The Morgan fingerprint density at radius 2 is 2.40 bits per heavy atom. The fraction of sp³-hybridized carbons (Fsp3) is 0.429. The number of rotatable bonds is 5. The van der Waals surface area contributed by atoms with Crippen LogP contribution in [-0.2, 0) is 9.53 Å². The zero-order valence-electron chi connectivity index (χ0n) is 11.2. The van der Waals surface area contributed by atoms with Gasteiger partial charge in [-0.15, -0.1) is 11.3 Å². The van der Waals surface area contributed by atoms with Crippen molar-refractivity contribution in [1.82, 2.24) is 5.32 Å². The van der Waals surface area contributed by atoms with E-state index in [0.717, 1.165) is 30.4 Å². The molecule has 2 unspecified atom stereocenters. The Morgan fingerprint density at radius 3 is 3.05 bits per heavy atom. The Morgan fingerprint density at radius 1 is 1.60 bits per heavy atom. The normalized spacial score (nSPS) is 20.1. The molecule has 1 aliphatic heterocycles. The molecule has 1 aromatic heterocycles. The molecule has 1 aliphatic rings. The summed E-state index contributed by atoms with van der Waals surface area (Å²) in [5.74, 6) is -1.16. The van der Waals surface area contributed by atoms with Gasteiger partial charge in [0.25, 0.3) is 5.91 Å². The highest BCUT2D eigenvalue weighted by molar-refractivity contribution is 7.11. The average molecular weight is 295 g/mol. The molecule has 0 aromatic carbocycles. The maximum absolute atomic E-state index is 12.1. The summed E-state index contributed by atoms with van der Waals surface area (Å²) in [6.07, 6.45) is 4.63. The van der Waals surface area contributed by atoms with Crippen LogP contribution in [0.4, 0.5) is 0 Å². The lowest BCUT2D eigenvalue weighted by Crippen LogP contribution is -2.40. The summed E-state index contributed by atoms with van der Waals surface area (Å²) < 4.78 is 5.53. The van der Waals surface area contributed by atoms with Gasteiger partial charge in [0.15, 0.2) is 0 Å². The van der Waals surface area contributed by atoms with E-state index in [-0.39, 0.29) is 18.1 Å². The monoisotopic (exact) mass is 295 g/mol. The highest BCUT2D eigenvalue weighted by Gasteiger charge is 2.24. The highest BCUT2D eigenvalue weighted by Crippen LogP contribution is 2.18. The molecule has 0 spiro atoms. The minimum absolute atomic E-state index is 0.0251. The predicted molar refractivity (Wildman–Crippen MR) is 76.9 cm³/mol. The van der Waals surface area contributed by atoms with Crippen LogP contribution >= 0.6 is 11.3 Å². The fourth-order valence-electron chi connectivity index (χ4n) is 2.09. The van der Waals surface area contributed by atoms with Crippen molar-refractivity contribution in [2.24, 2.45) is 0 Å². The lowest BCUT2D eigenvalue weighted by atomic mass is 10.1. The average Bonchev–Trinajstić information content (AvgIpc) is 3.07. The lowest BCUT2D eigenvalue weighted by Gasteiger charge is -2.19. The molecule has 1 amide bonds. The van der Waals surface area contributed by atoms with E-state index < -0.39 is 5.97 Å². The first kappa shape index (κ1) is 14.7. The van der Waals surface area contributed by atoms with Crippen LogP contribution in [0.1, 0.15) is 35.0 Å². The van der Waals surface area contributed by atoms with Gasteiger partial charge in [-0.05, 0) is 31.9 Å². The van der Waals surface area contributed by atoms with Crippen molar-refractivity contribution in [3.05, 3.63) is 28.0 Å². The molecule has 5 nitrogen and oxygen atoms in total. The zero-order valence-corrected chi connectivity index (χ0v) is 12.0. The van der Waals surface area contributed by atoms with E-state index in [1.807, 2.05) is 6.92 Å². The highest BCUT2D eigenvalue weighted by atomic mass is 32.1. The van der Waals surface area contributed by atoms with E-state index in [9.17, 15) is 9.59 Å². The van der Waals surface area contributed by atoms with E-state index in [1.165, 1.54) is 17.4 Å². The molecule has 6 heteroatoms. The van der Waals surface area contributed by atoms with Gasteiger partial charge >= 0.3 is 5.97 Å². The SMILES string of the molecule is CC(NC(=O)c1csc(C=CC(=O)O)c1)C1CCCO1. The first-order valence-corrected chi connectivity index (χ1v) is 7.36. The summed E-state index contributed by atoms with van der Waals surface area (Å²) in [6, 6.07) is 1.66.